The molecule has 0 spiro atoms. The molecule has 0 radical (unpaired) electrons. The Bertz CT molecular complexity index is 914. The van der Waals surface area contributed by atoms with Gasteiger partial charge in [-0.2, -0.15) is 0 Å². The predicted molar refractivity (Wildman–Crippen MR) is 105 cm³/mol. The van der Waals surface area contributed by atoms with E-state index in [0.29, 0.717) is 12.1 Å². The van der Waals surface area contributed by atoms with E-state index in [2.05, 4.69) is 10.2 Å². The number of hydrogen-bond donors (Lipinski definition) is 1. The first-order valence-corrected chi connectivity index (χ1v) is 9.39. The molecule has 1 aliphatic heterocycles. The molecule has 27 heavy (non-hydrogen) atoms. The van der Waals surface area contributed by atoms with Crippen molar-refractivity contribution in [2.45, 2.75) is 18.9 Å². The molecule has 140 valence electrons. The number of fused-ring (bicyclic) bond motifs is 1. The third-order valence-corrected chi connectivity index (χ3v) is 5.26. The van der Waals surface area contributed by atoms with E-state index in [4.69, 9.17) is 9.15 Å². The Labute approximate surface area is 158 Å². The molecular weight excluding hydrogens is 340 g/mol. The van der Waals surface area contributed by atoms with Crippen molar-refractivity contribution in [3.63, 3.8) is 0 Å². The summed E-state index contributed by atoms with van der Waals surface area (Å²) in [4.78, 5) is 15.3. The highest BCUT2D eigenvalue weighted by atomic mass is 16.5. The number of amides is 1. The molecule has 1 N–H and O–H groups in total. The van der Waals surface area contributed by atoms with Gasteiger partial charge in [-0.1, -0.05) is 24.3 Å². The summed E-state index contributed by atoms with van der Waals surface area (Å²) in [6, 6.07) is 15.4. The first-order chi connectivity index (χ1) is 13.3. The van der Waals surface area contributed by atoms with Crippen molar-refractivity contribution in [2.24, 2.45) is 0 Å². The number of rotatable bonds is 6. The maximum absolute atomic E-state index is 12.9. The second-order valence-electron chi connectivity index (χ2n) is 6.85. The second-order valence-corrected chi connectivity index (χ2v) is 6.85. The van der Waals surface area contributed by atoms with E-state index in [0.717, 1.165) is 35.4 Å². The number of nitrogens with one attached hydrogen (secondary N) is 1. The molecule has 1 aliphatic rings. The second kappa shape index (κ2) is 7.84. The van der Waals surface area contributed by atoms with Crippen molar-refractivity contribution in [1.29, 1.82) is 0 Å². The highest BCUT2D eigenvalue weighted by molar-refractivity contribution is 6.08. The molecule has 5 heteroatoms. The molecule has 0 bridgehead atoms. The number of furan rings is 1. The van der Waals surface area contributed by atoms with Gasteiger partial charge < -0.3 is 14.5 Å². The normalized spacial score (nSPS) is 15.7. The van der Waals surface area contributed by atoms with E-state index in [-0.39, 0.29) is 11.9 Å². The number of methoxy groups -OCH3 is 1. The Morgan fingerprint density at radius 3 is 2.59 bits per heavy atom. The lowest BCUT2D eigenvalue weighted by Gasteiger charge is -2.26. The minimum atomic E-state index is -0.0791. The van der Waals surface area contributed by atoms with Gasteiger partial charge in [0.25, 0.3) is 5.91 Å². The van der Waals surface area contributed by atoms with Crippen LogP contribution >= 0.6 is 0 Å². The SMILES string of the molecule is COc1ccc(C(=O)NC[C@H](c2ccco2)N2CCCC2)c2ccccc12. The first-order valence-electron chi connectivity index (χ1n) is 9.39. The van der Waals surface area contributed by atoms with Crippen molar-refractivity contribution in [2.75, 3.05) is 26.7 Å². The Morgan fingerprint density at radius 1 is 1.11 bits per heavy atom. The van der Waals surface area contributed by atoms with Crippen LogP contribution in [0.5, 0.6) is 5.75 Å². The van der Waals surface area contributed by atoms with Crippen LogP contribution in [0.3, 0.4) is 0 Å². The van der Waals surface area contributed by atoms with Gasteiger partial charge in [-0.05, 0) is 55.6 Å². The van der Waals surface area contributed by atoms with E-state index in [1.807, 2.05) is 48.5 Å². The van der Waals surface area contributed by atoms with Gasteiger partial charge in [0.15, 0.2) is 0 Å². The molecule has 3 aromatic rings. The minimum Gasteiger partial charge on any atom is -0.496 e. The van der Waals surface area contributed by atoms with Gasteiger partial charge in [0.1, 0.15) is 11.5 Å². The molecule has 0 unspecified atom stereocenters. The maximum atomic E-state index is 12.9. The summed E-state index contributed by atoms with van der Waals surface area (Å²) in [5.41, 5.74) is 0.658. The van der Waals surface area contributed by atoms with Gasteiger partial charge in [-0.15, -0.1) is 0 Å². The topological polar surface area (TPSA) is 54.7 Å². The van der Waals surface area contributed by atoms with Gasteiger partial charge in [-0.3, -0.25) is 9.69 Å². The van der Waals surface area contributed by atoms with E-state index in [1.54, 1.807) is 13.4 Å². The van der Waals surface area contributed by atoms with Crippen LogP contribution in [0, 0.1) is 0 Å². The fraction of sp³-hybridized carbons (Fsp3) is 0.318. The molecule has 5 nitrogen and oxygen atoms in total. The minimum absolute atomic E-state index is 0.0657. The standard InChI is InChI=1S/C22H24N2O3/c1-26-20-11-10-18(16-7-2-3-8-17(16)20)22(25)23-15-19(21-9-6-14-27-21)24-12-4-5-13-24/h2-3,6-11,14,19H,4-5,12-13,15H2,1H3,(H,23,25)/t19-/m1/s1. The summed E-state index contributed by atoms with van der Waals surface area (Å²) in [6.07, 6.45) is 4.07. The van der Waals surface area contributed by atoms with E-state index in [1.165, 1.54) is 12.8 Å². The van der Waals surface area contributed by atoms with Crippen molar-refractivity contribution >= 4 is 16.7 Å². The molecule has 1 fully saturated rings. The number of nitrogens with zero attached hydrogens (tertiary/aromatic N) is 1. The molecular formula is C22H24N2O3. The van der Waals surface area contributed by atoms with Crippen LogP contribution in [0.1, 0.15) is 35.0 Å². The monoisotopic (exact) mass is 364 g/mol. The average Bonchev–Trinajstić information content (AvgIpc) is 3.42. The molecule has 1 atom stereocenters. The molecule has 0 saturated carbocycles. The Balaban J connectivity index is 1.56. The Morgan fingerprint density at radius 2 is 1.89 bits per heavy atom. The van der Waals surface area contributed by atoms with Gasteiger partial charge in [0.05, 0.1) is 19.4 Å². The number of carbonyl (C=O) groups is 1. The molecule has 1 saturated heterocycles. The molecule has 4 rings (SSSR count). The fourth-order valence-electron chi connectivity index (χ4n) is 3.88. The van der Waals surface area contributed by atoms with Crippen molar-refractivity contribution in [3.05, 3.63) is 66.1 Å². The van der Waals surface area contributed by atoms with Crippen LogP contribution < -0.4 is 10.1 Å². The quantitative estimate of drug-likeness (QED) is 0.718. The highest BCUT2D eigenvalue weighted by Crippen LogP contribution is 2.29. The van der Waals surface area contributed by atoms with Crippen LogP contribution in [-0.4, -0.2) is 37.6 Å². The zero-order chi connectivity index (χ0) is 18.6. The molecule has 1 aromatic heterocycles. The van der Waals surface area contributed by atoms with Crippen molar-refractivity contribution in [1.82, 2.24) is 10.2 Å². The van der Waals surface area contributed by atoms with E-state index in [9.17, 15) is 4.79 Å². The number of benzene rings is 2. The lowest BCUT2D eigenvalue weighted by Crippen LogP contribution is -2.36. The number of likely N-dealkylation sites (tertiary alicyclic amines) is 1. The molecule has 2 heterocycles. The predicted octanol–water partition coefficient (Wildman–Crippen LogP) is 4.01. The zero-order valence-electron chi connectivity index (χ0n) is 15.5. The van der Waals surface area contributed by atoms with E-state index >= 15 is 0 Å². The van der Waals surface area contributed by atoms with E-state index < -0.39 is 0 Å². The van der Waals surface area contributed by atoms with Crippen LogP contribution in [0.4, 0.5) is 0 Å². The van der Waals surface area contributed by atoms with Gasteiger partial charge >= 0.3 is 0 Å². The molecule has 1 amide bonds. The summed E-state index contributed by atoms with van der Waals surface area (Å²) in [5, 5.41) is 4.95. The first kappa shape index (κ1) is 17.6. The van der Waals surface area contributed by atoms with Crippen LogP contribution in [0.15, 0.2) is 59.2 Å². The summed E-state index contributed by atoms with van der Waals surface area (Å²) < 4.78 is 11.1. The maximum Gasteiger partial charge on any atom is 0.251 e. The fourth-order valence-corrected chi connectivity index (χ4v) is 3.88. The Kier molecular flexibility index (Phi) is 5.12. The third-order valence-electron chi connectivity index (χ3n) is 5.26. The van der Waals surface area contributed by atoms with Crippen molar-refractivity contribution in [3.8, 4) is 5.75 Å². The highest BCUT2D eigenvalue weighted by Gasteiger charge is 2.26. The summed E-state index contributed by atoms with van der Waals surface area (Å²) in [7, 11) is 1.64. The number of ether oxygens (including phenoxy) is 1. The van der Waals surface area contributed by atoms with Gasteiger partial charge in [0.2, 0.25) is 0 Å². The zero-order valence-corrected chi connectivity index (χ0v) is 15.5. The Hall–Kier alpha value is -2.79. The van der Waals surface area contributed by atoms with Gasteiger partial charge in [-0.25, -0.2) is 0 Å². The number of carbonyl (C=O) groups excluding carboxylic acids is 1. The third kappa shape index (κ3) is 3.55. The van der Waals surface area contributed by atoms with Gasteiger partial charge in [0, 0.05) is 17.5 Å². The lowest BCUT2D eigenvalue weighted by atomic mass is 10.0. The molecule has 2 aromatic carbocycles. The van der Waals surface area contributed by atoms with Crippen LogP contribution in [0.2, 0.25) is 0 Å². The lowest BCUT2D eigenvalue weighted by molar-refractivity contribution is 0.0935. The molecule has 0 aliphatic carbocycles. The van der Waals surface area contributed by atoms with Crippen molar-refractivity contribution < 1.29 is 13.9 Å². The summed E-state index contributed by atoms with van der Waals surface area (Å²) in [6.45, 7) is 2.59. The summed E-state index contributed by atoms with van der Waals surface area (Å²) in [5.74, 6) is 1.59. The summed E-state index contributed by atoms with van der Waals surface area (Å²) >= 11 is 0. The average molecular weight is 364 g/mol. The largest absolute Gasteiger partial charge is 0.496 e. The van der Waals surface area contributed by atoms with Crippen LogP contribution in [0.25, 0.3) is 10.8 Å². The van der Waals surface area contributed by atoms with Crippen LogP contribution in [-0.2, 0) is 0 Å². The number of hydrogen-bond acceptors (Lipinski definition) is 4. The smallest absolute Gasteiger partial charge is 0.251 e.